The third kappa shape index (κ3) is 4.46. The van der Waals surface area contributed by atoms with Crippen LogP contribution >= 0.6 is 39.3 Å². The molecule has 0 N–H and O–H groups in total. The van der Waals surface area contributed by atoms with Crippen molar-refractivity contribution in [3.05, 3.63) is 98.3 Å². The van der Waals surface area contributed by atoms with Gasteiger partial charge < -0.3 is 4.74 Å². The lowest BCUT2D eigenvalue weighted by molar-refractivity contribution is -0.113. The third-order valence-electron chi connectivity index (χ3n) is 4.41. The van der Waals surface area contributed by atoms with E-state index in [0.717, 1.165) is 21.8 Å². The summed E-state index contributed by atoms with van der Waals surface area (Å²) in [4.78, 5) is 26.9. The van der Waals surface area contributed by atoms with E-state index in [1.807, 2.05) is 48.5 Å². The Hall–Kier alpha value is -2.54. The van der Waals surface area contributed by atoms with Gasteiger partial charge in [-0.3, -0.25) is 9.59 Å². The largest absolute Gasteiger partial charge is 0.488 e. The molecule has 30 heavy (non-hydrogen) atoms. The number of nitrogens with zero attached hydrogens (tertiary/aromatic N) is 1. The van der Waals surface area contributed by atoms with Crippen LogP contribution in [0.2, 0.25) is 5.02 Å². The summed E-state index contributed by atoms with van der Waals surface area (Å²) in [7, 11) is 0. The maximum atomic E-state index is 12.9. The number of amides is 2. The van der Waals surface area contributed by atoms with Gasteiger partial charge in [-0.15, -0.1) is 0 Å². The number of ether oxygens (including phenoxy) is 1. The van der Waals surface area contributed by atoms with Crippen molar-refractivity contribution in [1.29, 1.82) is 0 Å². The lowest BCUT2D eigenvalue weighted by atomic mass is 10.1. The number of thioether (sulfide) groups is 1. The Bertz CT molecular complexity index is 1150. The second kappa shape index (κ2) is 9.08. The molecule has 1 fully saturated rings. The Labute approximate surface area is 191 Å². The van der Waals surface area contributed by atoms with Crippen LogP contribution < -0.4 is 9.64 Å². The van der Waals surface area contributed by atoms with Gasteiger partial charge in [0.1, 0.15) is 12.4 Å². The van der Waals surface area contributed by atoms with Crippen molar-refractivity contribution >= 4 is 62.2 Å². The molecule has 3 aromatic carbocycles. The highest BCUT2D eigenvalue weighted by atomic mass is 79.9. The van der Waals surface area contributed by atoms with Gasteiger partial charge >= 0.3 is 0 Å². The number of para-hydroxylation sites is 1. The molecule has 0 unspecified atom stereocenters. The molecular weight excluding hydrogens is 486 g/mol. The van der Waals surface area contributed by atoms with Crippen molar-refractivity contribution in [3.63, 3.8) is 0 Å². The number of rotatable bonds is 5. The molecule has 4 nitrogen and oxygen atoms in total. The van der Waals surface area contributed by atoms with Crippen LogP contribution in [0.1, 0.15) is 11.1 Å². The van der Waals surface area contributed by atoms with Crippen LogP contribution in [0.3, 0.4) is 0 Å². The molecule has 0 aromatic heterocycles. The molecule has 7 heteroatoms. The summed E-state index contributed by atoms with van der Waals surface area (Å²) in [5.74, 6) is 0.234. The molecule has 0 aliphatic carbocycles. The molecule has 0 spiro atoms. The molecule has 1 aliphatic heterocycles. The minimum Gasteiger partial charge on any atom is -0.488 e. The topological polar surface area (TPSA) is 46.6 Å². The summed E-state index contributed by atoms with van der Waals surface area (Å²) < 4.78 is 6.81. The number of carbonyl (C=O) groups is 2. The smallest absolute Gasteiger partial charge is 0.298 e. The van der Waals surface area contributed by atoms with Crippen molar-refractivity contribution in [3.8, 4) is 5.75 Å². The Balaban J connectivity index is 1.62. The predicted molar refractivity (Wildman–Crippen MR) is 125 cm³/mol. The molecular formula is C23H15BrClNO3S. The number of hydrogen-bond acceptors (Lipinski definition) is 4. The molecule has 150 valence electrons. The highest BCUT2D eigenvalue weighted by Gasteiger charge is 2.36. The van der Waals surface area contributed by atoms with E-state index in [4.69, 9.17) is 16.3 Å². The number of imide groups is 1. The molecule has 0 bridgehead atoms. The molecule has 1 aliphatic rings. The first-order chi connectivity index (χ1) is 14.5. The standard InChI is InChI=1S/C23H15BrClNO3S/c24-17-10-11-20(29-14-15-6-4-5-9-19(15)25)16(12-17)13-21-22(27)26(23(28)30-21)18-7-2-1-3-8-18/h1-13H,14H2/b21-13-. The first-order valence-corrected chi connectivity index (χ1v) is 11.0. The third-order valence-corrected chi connectivity index (χ3v) is 6.14. The van der Waals surface area contributed by atoms with E-state index in [-0.39, 0.29) is 17.8 Å². The summed E-state index contributed by atoms with van der Waals surface area (Å²) in [6.07, 6.45) is 1.68. The van der Waals surface area contributed by atoms with E-state index in [9.17, 15) is 9.59 Å². The molecule has 1 heterocycles. The summed E-state index contributed by atoms with van der Waals surface area (Å²) >= 11 is 10.6. The molecule has 0 saturated carbocycles. The average molecular weight is 501 g/mol. The molecule has 0 atom stereocenters. The van der Waals surface area contributed by atoms with Gasteiger partial charge in [-0.1, -0.05) is 63.9 Å². The Morgan fingerprint density at radius 2 is 1.73 bits per heavy atom. The molecule has 0 radical (unpaired) electrons. The van der Waals surface area contributed by atoms with Gasteiger partial charge in [0.15, 0.2) is 0 Å². The van der Waals surface area contributed by atoms with Crippen molar-refractivity contribution in [2.75, 3.05) is 4.90 Å². The Morgan fingerprint density at radius 3 is 2.50 bits per heavy atom. The van der Waals surface area contributed by atoms with Crippen molar-refractivity contribution in [2.45, 2.75) is 6.61 Å². The van der Waals surface area contributed by atoms with Crippen LogP contribution in [0.15, 0.2) is 82.2 Å². The maximum absolute atomic E-state index is 12.9. The SMILES string of the molecule is O=C1S/C(=C\c2cc(Br)ccc2OCc2ccccc2Cl)C(=O)N1c1ccccc1. The van der Waals surface area contributed by atoms with Gasteiger partial charge in [0, 0.05) is 20.6 Å². The number of halogens is 2. The maximum Gasteiger partial charge on any atom is 0.298 e. The van der Waals surface area contributed by atoms with Crippen molar-refractivity contribution in [2.24, 2.45) is 0 Å². The fourth-order valence-corrected chi connectivity index (χ4v) is 4.34. The van der Waals surface area contributed by atoms with Crippen molar-refractivity contribution < 1.29 is 14.3 Å². The van der Waals surface area contributed by atoms with Gasteiger partial charge in [-0.05, 0) is 54.2 Å². The van der Waals surface area contributed by atoms with Crippen LogP contribution in [0, 0.1) is 0 Å². The van der Waals surface area contributed by atoms with Gasteiger partial charge in [0.05, 0.1) is 10.6 Å². The second-order valence-electron chi connectivity index (χ2n) is 6.41. The quantitative estimate of drug-likeness (QED) is 0.357. The first-order valence-electron chi connectivity index (χ1n) is 9.02. The summed E-state index contributed by atoms with van der Waals surface area (Å²) in [5.41, 5.74) is 2.10. The minimum absolute atomic E-state index is 0.285. The average Bonchev–Trinajstić information content (AvgIpc) is 3.02. The second-order valence-corrected chi connectivity index (χ2v) is 8.73. The normalized spacial score (nSPS) is 15.1. The predicted octanol–water partition coefficient (Wildman–Crippen LogP) is 6.92. The van der Waals surface area contributed by atoms with E-state index < -0.39 is 0 Å². The zero-order valence-electron chi connectivity index (χ0n) is 15.5. The summed E-state index contributed by atoms with van der Waals surface area (Å²) in [6.45, 7) is 0.285. The van der Waals surface area contributed by atoms with Crippen LogP contribution in [0.25, 0.3) is 6.08 Å². The van der Waals surface area contributed by atoms with Gasteiger partial charge in [0.25, 0.3) is 11.1 Å². The first kappa shape index (κ1) is 20.7. The Morgan fingerprint density at radius 1 is 1.00 bits per heavy atom. The van der Waals surface area contributed by atoms with Gasteiger partial charge in [-0.2, -0.15) is 0 Å². The van der Waals surface area contributed by atoms with Gasteiger partial charge in [0.2, 0.25) is 0 Å². The highest BCUT2D eigenvalue weighted by molar-refractivity contribution is 9.10. The Kier molecular flexibility index (Phi) is 6.27. The summed E-state index contributed by atoms with van der Waals surface area (Å²) in [6, 6.07) is 21.9. The van der Waals surface area contributed by atoms with E-state index in [2.05, 4.69) is 15.9 Å². The molecule has 3 aromatic rings. The van der Waals surface area contributed by atoms with E-state index in [1.54, 1.807) is 30.3 Å². The van der Waals surface area contributed by atoms with Crippen LogP contribution in [-0.2, 0) is 11.4 Å². The lowest BCUT2D eigenvalue weighted by Crippen LogP contribution is -2.27. The van der Waals surface area contributed by atoms with Crippen molar-refractivity contribution in [1.82, 2.24) is 0 Å². The number of hydrogen-bond donors (Lipinski definition) is 0. The summed E-state index contributed by atoms with van der Waals surface area (Å²) in [5, 5.41) is 0.297. The minimum atomic E-state index is -0.353. The molecule has 4 rings (SSSR count). The fourth-order valence-electron chi connectivity index (χ4n) is 2.94. The van der Waals surface area contributed by atoms with Crippen LogP contribution in [0.5, 0.6) is 5.75 Å². The lowest BCUT2D eigenvalue weighted by Gasteiger charge is -2.12. The number of carbonyl (C=O) groups excluding carboxylic acids is 2. The zero-order chi connectivity index (χ0) is 21.1. The monoisotopic (exact) mass is 499 g/mol. The number of benzene rings is 3. The van der Waals surface area contributed by atoms with Gasteiger partial charge in [-0.25, -0.2) is 4.90 Å². The van der Waals surface area contributed by atoms with E-state index in [0.29, 0.717) is 26.9 Å². The highest BCUT2D eigenvalue weighted by Crippen LogP contribution is 2.37. The zero-order valence-corrected chi connectivity index (χ0v) is 18.7. The fraction of sp³-hybridized carbons (Fsp3) is 0.0435. The molecule has 2 amide bonds. The molecule has 1 saturated heterocycles. The van der Waals surface area contributed by atoms with E-state index >= 15 is 0 Å². The number of anilines is 1. The van der Waals surface area contributed by atoms with E-state index in [1.165, 1.54) is 4.90 Å². The van der Waals surface area contributed by atoms with Crippen LogP contribution in [0.4, 0.5) is 10.5 Å². The van der Waals surface area contributed by atoms with Crippen LogP contribution in [-0.4, -0.2) is 11.1 Å².